The maximum atomic E-state index is 14.9. The van der Waals surface area contributed by atoms with Crippen molar-refractivity contribution in [3.63, 3.8) is 0 Å². The number of hydrogen-bond acceptors (Lipinski definition) is 4. The molecule has 39 heavy (non-hydrogen) atoms. The highest BCUT2D eigenvalue weighted by Gasteiger charge is 2.33. The summed E-state index contributed by atoms with van der Waals surface area (Å²) >= 11 is 12.2. The van der Waals surface area contributed by atoms with E-state index >= 15 is 0 Å². The van der Waals surface area contributed by atoms with Crippen molar-refractivity contribution < 1.29 is 22.4 Å². The Morgan fingerprint density at radius 3 is 2.21 bits per heavy atom. The van der Waals surface area contributed by atoms with Crippen LogP contribution in [0.2, 0.25) is 10.0 Å². The van der Waals surface area contributed by atoms with Crippen molar-refractivity contribution in [2.24, 2.45) is 0 Å². The lowest BCUT2D eigenvalue weighted by Crippen LogP contribution is -2.52. The lowest BCUT2D eigenvalue weighted by atomic mass is 10.1. The number of rotatable bonds is 11. The molecule has 0 spiro atoms. The summed E-state index contributed by atoms with van der Waals surface area (Å²) in [4.78, 5) is 28.0. The van der Waals surface area contributed by atoms with Gasteiger partial charge < -0.3 is 10.2 Å². The predicted molar refractivity (Wildman–Crippen MR) is 152 cm³/mol. The van der Waals surface area contributed by atoms with Crippen molar-refractivity contribution in [1.82, 2.24) is 10.2 Å². The van der Waals surface area contributed by atoms with Crippen LogP contribution in [0.25, 0.3) is 0 Å². The summed E-state index contributed by atoms with van der Waals surface area (Å²) in [5.41, 5.74) is 0.283. The smallest absolute Gasteiger partial charge is 0.264 e. The molecule has 3 rings (SSSR count). The summed E-state index contributed by atoms with van der Waals surface area (Å²) < 4.78 is 42.9. The second kappa shape index (κ2) is 13.3. The number of sulfonamides is 1. The van der Waals surface area contributed by atoms with Gasteiger partial charge in [-0.25, -0.2) is 12.8 Å². The largest absolute Gasteiger partial charge is 0.352 e. The van der Waals surface area contributed by atoms with Crippen LogP contribution in [0.1, 0.15) is 32.8 Å². The zero-order valence-electron chi connectivity index (χ0n) is 21.8. The molecule has 0 radical (unpaired) electrons. The minimum Gasteiger partial charge on any atom is -0.352 e. The van der Waals surface area contributed by atoms with Crippen molar-refractivity contribution in [1.29, 1.82) is 0 Å². The summed E-state index contributed by atoms with van der Waals surface area (Å²) in [7, 11) is -4.35. The maximum absolute atomic E-state index is 14.9. The lowest BCUT2D eigenvalue weighted by Gasteiger charge is -2.32. The van der Waals surface area contributed by atoms with Gasteiger partial charge in [0, 0.05) is 12.6 Å². The predicted octanol–water partition coefficient (Wildman–Crippen LogP) is 5.66. The third kappa shape index (κ3) is 7.50. The van der Waals surface area contributed by atoms with Crippen molar-refractivity contribution in [3.8, 4) is 0 Å². The van der Waals surface area contributed by atoms with Crippen molar-refractivity contribution in [3.05, 3.63) is 94.2 Å². The van der Waals surface area contributed by atoms with Crippen LogP contribution < -0.4 is 9.62 Å². The van der Waals surface area contributed by atoms with Crippen LogP contribution >= 0.6 is 23.2 Å². The molecule has 3 aromatic carbocycles. The summed E-state index contributed by atoms with van der Waals surface area (Å²) in [5, 5.41) is 3.43. The number of benzene rings is 3. The Morgan fingerprint density at radius 1 is 0.949 bits per heavy atom. The molecule has 0 saturated carbocycles. The van der Waals surface area contributed by atoms with E-state index in [1.54, 1.807) is 31.2 Å². The SMILES string of the molecule is CC[C@@H](C)NC(=O)[C@H](C)N(Cc1ccc(Cl)c(Cl)c1)C(=O)CN(c1ccccc1F)S(=O)(=O)c1ccccc1. The highest BCUT2D eigenvalue weighted by Crippen LogP contribution is 2.28. The first-order chi connectivity index (χ1) is 18.4. The number of hydrogen-bond donors (Lipinski definition) is 1. The van der Waals surface area contributed by atoms with Gasteiger partial charge in [0.05, 0.1) is 20.6 Å². The Hall–Kier alpha value is -3.14. The molecule has 1 N–H and O–H groups in total. The molecule has 0 aliphatic carbocycles. The number of carbonyl (C=O) groups excluding carboxylic acids is 2. The average molecular weight is 595 g/mol. The van der Waals surface area contributed by atoms with E-state index in [1.165, 1.54) is 47.4 Å². The Morgan fingerprint density at radius 2 is 1.59 bits per heavy atom. The molecule has 7 nitrogen and oxygen atoms in total. The molecular weight excluding hydrogens is 564 g/mol. The van der Waals surface area contributed by atoms with Crippen LogP contribution in [-0.2, 0) is 26.2 Å². The van der Waals surface area contributed by atoms with Crippen LogP contribution in [0.5, 0.6) is 0 Å². The molecule has 0 aliphatic heterocycles. The maximum Gasteiger partial charge on any atom is 0.264 e. The van der Waals surface area contributed by atoms with Crippen molar-refractivity contribution >= 4 is 50.7 Å². The molecule has 0 aromatic heterocycles. The van der Waals surface area contributed by atoms with E-state index < -0.39 is 40.2 Å². The first-order valence-corrected chi connectivity index (χ1v) is 14.5. The van der Waals surface area contributed by atoms with Gasteiger partial charge in [-0.2, -0.15) is 0 Å². The standard InChI is InChI=1S/C28H30Cl2FN3O4S/c1-4-19(2)32-28(36)20(3)33(17-21-14-15-23(29)24(30)16-21)27(35)18-34(26-13-9-8-12-25(26)31)39(37,38)22-10-6-5-7-11-22/h5-16,19-20H,4,17-18H2,1-3H3,(H,32,36)/t19-,20+/m1/s1. The molecular formula is C28H30Cl2FN3O4S. The summed E-state index contributed by atoms with van der Waals surface area (Å²) in [6.07, 6.45) is 0.676. The fourth-order valence-electron chi connectivity index (χ4n) is 3.77. The first-order valence-electron chi connectivity index (χ1n) is 12.3. The summed E-state index contributed by atoms with van der Waals surface area (Å²) in [5.74, 6) is -1.94. The van der Waals surface area contributed by atoms with Gasteiger partial charge in [0.2, 0.25) is 11.8 Å². The van der Waals surface area contributed by atoms with E-state index in [1.807, 2.05) is 13.8 Å². The molecule has 208 valence electrons. The van der Waals surface area contributed by atoms with E-state index in [2.05, 4.69) is 5.32 Å². The summed E-state index contributed by atoms with van der Waals surface area (Å²) in [6.45, 7) is 4.48. The van der Waals surface area contributed by atoms with Crippen LogP contribution in [0.3, 0.4) is 0 Å². The topological polar surface area (TPSA) is 86.8 Å². The van der Waals surface area contributed by atoms with Crippen molar-refractivity contribution in [2.75, 3.05) is 10.8 Å². The lowest BCUT2D eigenvalue weighted by molar-refractivity contribution is -0.139. The zero-order chi connectivity index (χ0) is 28.7. The highest BCUT2D eigenvalue weighted by atomic mass is 35.5. The van der Waals surface area contributed by atoms with Gasteiger partial charge in [0.15, 0.2) is 0 Å². The number of carbonyl (C=O) groups is 2. The molecule has 3 aromatic rings. The van der Waals surface area contributed by atoms with Gasteiger partial charge in [0.25, 0.3) is 10.0 Å². The molecule has 0 fully saturated rings. The minimum atomic E-state index is -4.35. The molecule has 2 atom stereocenters. The molecule has 0 saturated heterocycles. The molecule has 2 amide bonds. The van der Waals surface area contributed by atoms with E-state index in [9.17, 15) is 22.4 Å². The van der Waals surface area contributed by atoms with E-state index in [0.717, 1.165) is 10.4 Å². The molecule has 0 unspecified atom stereocenters. The van der Waals surface area contributed by atoms with Gasteiger partial charge in [-0.15, -0.1) is 0 Å². The van der Waals surface area contributed by atoms with Gasteiger partial charge in [-0.3, -0.25) is 13.9 Å². The number of anilines is 1. The van der Waals surface area contributed by atoms with Gasteiger partial charge in [-0.05, 0) is 62.2 Å². The molecule has 0 bridgehead atoms. The zero-order valence-corrected chi connectivity index (χ0v) is 24.1. The monoisotopic (exact) mass is 593 g/mol. The Kier molecular flexibility index (Phi) is 10.4. The Bertz CT molecular complexity index is 1420. The fraction of sp³-hybridized carbons (Fsp3) is 0.286. The van der Waals surface area contributed by atoms with Crippen molar-refractivity contribution in [2.45, 2.75) is 50.7 Å². The average Bonchev–Trinajstić information content (AvgIpc) is 2.92. The van der Waals surface area contributed by atoms with Gasteiger partial charge in [0.1, 0.15) is 18.4 Å². The highest BCUT2D eigenvalue weighted by molar-refractivity contribution is 7.92. The number of para-hydroxylation sites is 1. The number of nitrogens with one attached hydrogen (secondary N) is 1. The molecule has 0 heterocycles. The third-order valence-corrected chi connectivity index (χ3v) is 8.75. The second-order valence-electron chi connectivity index (χ2n) is 9.04. The second-order valence-corrected chi connectivity index (χ2v) is 11.7. The van der Waals surface area contributed by atoms with Crippen LogP contribution in [0, 0.1) is 5.82 Å². The first kappa shape index (κ1) is 30.4. The number of nitrogens with zero attached hydrogens (tertiary/aromatic N) is 2. The van der Waals surface area contributed by atoms with E-state index in [4.69, 9.17) is 23.2 Å². The van der Waals surface area contributed by atoms with Gasteiger partial charge in [-0.1, -0.05) is 66.5 Å². The number of halogens is 3. The summed E-state index contributed by atoms with van der Waals surface area (Å²) in [6, 6.07) is 16.4. The Labute approximate surface area is 238 Å². The quantitative estimate of drug-likeness (QED) is 0.311. The Balaban J connectivity index is 2.04. The fourth-order valence-corrected chi connectivity index (χ4v) is 5.53. The van der Waals surface area contributed by atoms with E-state index in [0.29, 0.717) is 17.0 Å². The minimum absolute atomic E-state index is 0.0681. The molecule has 0 aliphatic rings. The third-order valence-electron chi connectivity index (χ3n) is 6.24. The normalized spacial score (nSPS) is 12.9. The van der Waals surface area contributed by atoms with Crippen LogP contribution in [-0.4, -0.2) is 43.8 Å². The molecule has 11 heteroatoms. The number of amides is 2. The van der Waals surface area contributed by atoms with Crippen LogP contribution in [0.15, 0.2) is 77.7 Å². The van der Waals surface area contributed by atoms with Gasteiger partial charge >= 0.3 is 0 Å². The van der Waals surface area contributed by atoms with E-state index in [-0.39, 0.29) is 28.2 Å². The van der Waals surface area contributed by atoms with Crippen LogP contribution in [0.4, 0.5) is 10.1 Å².